The monoisotopic (exact) mass is 308 g/mol. The second-order valence-corrected chi connectivity index (χ2v) is 5.34. The number of carbonyl (C=O) groups excluding carboxylic acids is 1. The summed E-state index contributed by atoms with van der Waals surface area (Å²) in [6, 6.07) is 11.0. The van der Waals surface area contributed by atoms with E-state index in [1.165, 1.54) is 17.7 Å². The van der Waals surface area contributed by atoms with Crippen molar-refractivity contribution in [3.8, 4) is 0 Å². The molecule has 0 bridgehead atoms. The Bertz CT molecular complexity index is 616. The highest BCUT2D eigenvalue weighted by molar-refractivity contribution is 6.39. The molecule has 0 aliphatic heterocycles. The standard InChI is InChI=1S/C15H14Cl2N2O/c1-9-2-4-10(5-3-9)8-19-15(20)11-6-12(16)14(18)13(17)7-11/h2-7H,8,18H2,1H3,(H,19,20). The molecule has 0 unspecified atom stereocenters. The molecule has 0 spiro atoms. The molecule has 0 aliphatic carbocycles. The van der Waals surface area contributed by atoms with Gasteiger partial charge in [0.15, 0.2) is 0 Å². The number of rotatable bonds is 3. The highest BCUT2D eigenvalue weighted by atomic mass is 35.5. The third kappa shape index (κ3) is 3.44. The molecule has 0 aliphatic rings. The molecule has 5 heteroatoms. The van der Waals surface area contributed by atoms with Crippen molar-refractivity contribution in [1.29, 1.82) is 0 Å². The zero-order valence-electron chi connectivity index (χ0n) is 10.9. The summed E-state index contributed by atoms with van der Waals surface area (Å²) in [6.45, 7) is 2.46. The number of halogens is 2. The van der Waals surface area contributed by atoms with Crippen LogP contribution in [0, 0.1) is 6.92 Å². The molecule has 0 saturated heterocycles. The Morgan fingerprint density at radius 3 is 2.25 bits per heavy atom. The molecule has 3 nitrogen and oxygen atoms in total. The average molecular weight is 309 g/mol. The molecule has 0 saturated carbocycles. The topological polar surface area (TPSA) is 55.1 Å². The van der Waals surface area contributed by atoms with Crippen LogP contribution in [-0.2, 0) is 6.54 Å². The van der Waals surface area contributed by atoms with Crippen molar-refractivity contribution in [2.24, 2.45) is 0 Å². The van der Waals surface area contributed by atoms with E-state index in [-0.39, 0.29) is 21.6 Å². The number of nitrogen functional groups attached to an aromatic ring is 1. The van der Waals surface area contributed by atoms with E-state index in [4.69, 9.17) is 28.9 Å². The van der Waals surface area contributed by atoms with Gasteiger partial charge in [-0.15, -0.1) is 0 Å². The van der Waals surface area contributed by atoms with Gasteiger partial charge in [0.25, 0.3) is 5.91 Å². The molecule has 2 aromatic rings. The maximum Gasteiger partial charge on any atom is 0.251 e. The van der Waals surface area contributed by atoms with Crippen molar-refractivity contribution in [2.45, 2.75) is 13.5 Å². The molecule has 2 aromatic carbocycles. The second-order valence-electron chi connectivity index (χ2n) is 4.52. The van der Waals surface area contributed by atoms with E-state index in [9.17, 15) is 4.79 Å². The smallest absolute Gasteiger partial charge is 0.251 e. The summed E-state index contributed by atoms with van der Waals surface area (Å²) in [5.74, 6) is -0.241. The summed E-state index contributed by atoms with van der Waals surface area (Å²) >= 11 is 11.8. The minimum atomic E-state index is -0.241. The van der Waals surface area contributed by atoms with Crippen molar-refractivity contribution >= 4 is 34.8 Å². The average Bonchev–Trinajstić information content (AvgIpc) is 2.43. The molecule has 0 heterocycles. The van der Waals surface area contributed by atoms with Crippen LogP contribution in [0.3, 0.4) is 0 Å². The number of nitrogens with two attached hydrogens (primary N) is 1. The third-order valence-corrected chi connectivity index (χ3v) is 3.54. The summed E-state index contributed by atoms with van der Waals surface area (Å²) in [5, 5.41) is 3.36. The largest absolute Gasteiger partial charge is 0.396 e. The molecule has 104 valence electrons. The van der Waals surface area contributed by atoms with Crippen molar-refractivity contribution in [3.05, 3.63) is 63.1 Å². The first-order valence-electron chi connectivity index (χ1n) is 6.05. The van der Waals surface area contributed by atoms with Crippen LogP contribution in [0.1, 0.15) is 21.5 Å². The maximum atomic E-state index is 12.0. The Hall–Kier alpha value is -1.71. The van der Waals surface area contributed by atoms with E-state index in [1.807, 2.05) is 31.2 Å². The van der Waals surface area contributed by atoms with E-state index < -0.39 is 0 Å². The Morgan fingerprint density at radius 2 is 1.70 bits per heavy atom. The van der Waals surface area contributed by atoms with Crippen LogP contribution in [0.4, 0.5) is 5.69 Å². The zero-order valence-corrected chi connectivity index (χ0v) is 12.4. The van der Waals surface area contributed by atoms with Crippen LogP contribution in [-0.4, -0.2) is 5.91 Å². The second kappa shape index (κ2) is 6.16. The predicted molar refractivity (Wildman–Crippen MR) is 83.2 cm³/mol. The minimum absolute atomic E-state index is 0.241. The van der Waals surface area contributed by atoms with Crippen LogP contribution in [0.5, 0.6) is 0 Å². The quantitative estimate of drug-likeness (QED) is 0.847. The first-order chi connectivity index (χ1) is 9.47. The van der Waals surface area contributed by atoms with Crippen molar-refractivity contribution in [3.63, 3.8) is 0 Å². The normalized spacial score (nSPS) is 10.3. The number of anilines is 1. The SMILES string of the molecule is Cc1ccc(CNC(=O)c2cc(Cl)c(N)c(Cl)c2)cc1. The molecular weight excluding hydrogens is 295 g/mol. The lowest BCUT2D eigenvalue weighted by molar-refractivity contribution is 0.0951. The Labute approximate surface area is 127 Å². The Morgan fingerprint density at radius 1 is 1.15 bits per heavy atom. The fourth-order valence-electron chi connectivity index (χ4n) is 1.71. The Balaban J connectivity index is 2.07. The number of hydrogen-bond acceptors (Lipinski definition) is 2. The van der Waals surface area contributed by atoms with Gasteiger partial charge in [-0.2, -0.15) is 0 Å². The molecule has 20 heavy (non-hydrogen) atoms. The lowest BCUT2D eigenvalue weighted by Gasteiger charge is -2.08. The minimum Gasteiger partial charge on any atom is -0.396 e. The van der Waals surface area contributed by atoms with Gasteiger partial charge in [-0.1, -0.05) is 53.0 Å². The van der Waals surface area contributed by atoms with Gasteiger partial charge >= 0.3 is 0 Å². The summed E-state index contributed by atoms with van der Waals surface area (Å²) < 4.78 is 0. The van der Waals surface area contributed by atoms with Crippen molar-refractivity contribution in [1.82, 2.24) is 5.32 Å². The number of hydrogen-bond donors (Lipinski definition) is 2. The lowest BCUT2D eigenvalue weighted by Crippen LogP contribution is -2.22. The Kier molecular flexibility index (Phi) is 4.53. The number of aryl methyl sites for hydroxylation is 1. The van der Waals surface area contributed by atoms with Gasteiger partial charge in [0.1, 0.15) is 0 Å². The number of carbonyl (C=O) groups is 1. The number of benzene rings is 2. The molecule has 0 fully saturated rings. The highest BCUT2D eigenvalue weighted by Crippen LogP contribution is 2.28. The maximum absolute atomic E-state index is 12.0. The van der Waals surface area contributed by atoms with E-state index in [1.54, 1.807) is 0 Å². The van der Waals surface area contributed by atoms with Gasteiger partial charge in [0.2, 0.25) is 0 Å². The van der Waals surface area contributed by atoms with E-state index >= 15 is 0 Å². The van der Waals surface area contributed by atoms with Gasteiger partial charge in [-0.05, 0) is 24.6 Å². The van der Waals surface area contributed by atoms with Gasteiger partial charge in [-0.3, -0.25) is 4.79 Å². The van der Waals surface area contributed by atoms with Gasteiger partial charge in [0, 0.05) is 12.1 Å². The van der Waals surface area contributed by atoms with E-state index in [2.05, 4.69) is 5.32 Å². The van der Waals surface area contributed by atoms with Crippen LogP contribution in [0.2, 0.25) is 10.0 Å². The van der Waals surface area contributed by atoms with Crippen LogP contribution < -0.4 is 11.1 Å². The lowest BCUT2D eigenvalue weighted by atomic mass is 10.1. The predicted octanol–water partition coefficient (Wildman–Crippen LogP) is 3.81. The molecule has 1 amide bonds. The molecule has 0 atom stereocenters. The van der Waals surface area contributed by atoms with E-state index in [0.29, 0.717) is 12.1 Å². The third-order valence-electron chi connectivity index (χ3n) is 2.91. The molecule has 0 radical (unpaired) electrons. The molecule has 3 N–H and O–H groups in total. The van der Waals surface area contributed by atoms with Gasteiger partial charge in [-0.25, -0.2) is 0 Å². The number of nitrogens with one attached hydrogen (secondary N) is 1. The summed E-state index contributed by atoms with van der Waals surface area (Å²) in [5.41, 5.74) is 8.51. The fourth-order valence-corrected chi connectivity index (χ4v) is 2.19. The summed E-state index contributed by atoms with van der Waals surface area (Å²) in [7, 11) is 0. The summed E-state index contributed by atoms with van der Waals surface area (Å²) in [6.07, 6.45) is 0. The van der Waals surface area contributed by atoms with Crippen molar-refractivity contribution < 1.29 is 4.79 Å². The fraction of sp³-hybridized carbons (Fsp3) is 0.133. The number of amides is 1. The van der Waals surface area contributed by atoms with Crippen LogP contribution in [0.25, 0.3) is 0 Å². The van der Waals surface area contributed by atoms with Crippen LogP contribution >= 0.6 is 23.2 Å². The van der Waals surface area contributed by atoms with E-state index in [0.717, 1.165) is 5.56 Å². The molecule has 2 rings (SSSR count). The van der Waals surface area contributed by atoms with Gasteiger partial charge in [0.05, 0.1) is 15.7 Å². The zero-order chi connectivity index (χ0) is 14.7. The molecular formula is C15H14Cl2N2O. The first-order valence-corrected chi connectivity index (χ1v) is 6.81. The van der Waals surface area contributed by atoms with Crippen LogP contribution in [0.15, 0.2) is 36.4 Å². The first kappa shape index (κ1) is 14.7. The van der Waals surface area contributed by atoms with Gasteiger partial charge < -0.3 is 11.1 Å². The highest BCUT2D eigenvalue weighted by Gasteiger charge is 2.11. The molecule has 0 aromatic heterocycles. The summed E-state index contributed by atoms with van der Waals surface area (Å²) in [4.78, 5) is 12.0. The van der Waals surface area contributed by atoms with Crippen molar-refractivity contribution in [2.75, 3.05) is 5.73 Å².